The van der Waals surface area contributed by atoms with Crippen LogP contribution in [0.5, 0.6) is 5.75 Å². The highest BCUT2D eigenvalue weighted by atomic mass is 35.5. The molecular weight excluding hydrogens is 549 g/mol. The van der Waals surface area contributed by atoms with E-state index >= 15 is 0 Å². The van der Waals surface area contributed by atoms with Crippen LogP contribution in [0.3, 0.4) is 0 Å². The summed E-state index contributed by atoms with van der Waals surface area (Å²) in [6.07, 6.45) is 0.314. The SMILES string of the molecule is CCC(C(=O)NC)N(Cc1ccc(OC)cc1)C(=O)CN(c1ccc(Cl)cc1Cl)S(=O)(=O)c1ccccc1. The lowest BCUT2D eigenvalue weighted by molar-refractivity contribution is -0.140. The fourth-order valence-electron chi connectivity index (χ4n) is 3.93. The number of amides is 2. The molecule has 3 aromatic rings. The van der Waals surface area contributed by atoms with Crippen molar-refractivity contribution >= 4 is 50.7 Å². The van der Waals surface area contributed by atoms with E-state index in [-0.39, 0.29) is 28.1 Å². The zero-order valence-electron chi connectivity index (χ0n) is 21.2. The van der Waals surface area contributed by atoms with Gasteiger partial charge in [0.05, 0.1) is 22.7 Å². The molecule has 2 amide bonds. The summed E-state index contributed by atoms with van der Waals surface area (Å²) >= 11 is 12.5. The first-order valence-electron chi connectivity index (χ1n) is 11.8. The molecular formula is C27H29Cl2N3O5S. The molecule has 0 aliphatic carbocycles. The number of likely N-dealkylation sites (N-methyl/N-ethyl adjacent to an activating group) is 1. The fraction of sp³-hybridized carbons (Fsp3) is 0.259. The van der Waals surface area contributed by atoms with Gasteiger partial charge in [-0.25, -0.2) is 8.42 Å². The molecule has 0 spiro atoms. The number of halogens is 2. The maximum Gasteiger partial charge on any atom is 0.264 e. The van der Waals surface area contributed by atoms with E-state index in [1.54, 1.807) is 56.5 Å². The number of nitrogens with one attached hydrogen (secondary N) is 1. The molecule has 0 aliphatic rings. The molecule has 0 radical (unpaired) electrons. The lowest BCUT2D eigenvalue weighted by atomic mass is 10.1. The van der Waals surface area contributed by atoms with E-state index in [2.05, 4.69) is 5.32 Å². The van der Waals surface area contributed by atoms with Gasteiger partial charge in [-0.3, -0.25) is 13.9 Å². The summed E-state index contributed by atoms with van der Waals surface area (Å²) in [4.78, 5) is 28.0. The average Bonchev–Trinajstić information content (AvgIpc) is 2.92. The third kappa shape index (κ3) is 6.78. The summed E-state index contributed by atoms with van der Waals surface area (Å²) in [6, 6.07) is 18.3. The van der Waals surface area contributed by atoms with Gasteiger partial charge in [0.25, 0.3) is 10.0 Å². The molecule has 11 heteroatoms. The van der Waals surface area contributed by atoms with E-state index in [0.717, 1.165) is 9.87 Å². The number of ether oxygens (including phenoxy) is 1. The molecule has 1 unspecified atom stereocenters. The Balaban J connectivity index is 2.07. The Labute approximate surface area is 233 Å². The topological polar surface area (TPSA) is 96.0 Å². The standard InChI is InChI=1S/C27H29Cl2N3O5S/c1-4-24(27(34)30-2)31(17-19-10-13-21(37-3)14-11-19)26(33)18-32(25-15-12-20(28)16-23(25)29)38(35,36)22-8-6-5-7-9-22/h5-16,24H,4,17-18H2,1-3H3,(H,30,34). The predicted molar refractivity (Wildman–Crippen MR) is 149 cm³/mol. The van der Waals surface area contributed by atoms with Crippen molar-refractivity contribution in [2.75, 3.05) is 25.0 Å². The van der Waals surface area contributed by atoms with E-state index in [9.17, 15) is 18.0 Å². The third-order valence-electron chi connectivity index (χ3n) is 5.93. The summed E-state index contributed by atoms with van der Waals surface area (Å²) in [6.45, 7) is 1.26. The molecule has 202 valence electrons. The largest absolute Gasteiger partial charge is 0.497 e. The van der Waals surface area contributed by atoms with Gasteiger partial charge in [0.1, 0.15) is 18.3 Å². The van der Waals surface area contributed by atoms with Crippen LogP contribution < -0.4 is 14.4 Å². The van der Waals surface area contributed by atoms with Gasteiger partial charge in [-0.05, 0) is 54.4 Å². The Morgan fingerprint density at radius 3 is 2.21 bits per heavy atom. The number of anilines is 1. The first-order chi connectivity index (χ1) is 18.1. The molecule has 0 saturated carbocycles. The number of sulfonamides is 1. The van der Waals surface area contributed by atoms with Gasteiger partial charge in [-0.1, -0.05) is 60.5 Å². The Hall–Kier alpha value is -3.27. The van der Waals surface area contributed by atoms with Crippen molar-refractivity contribution in [3.63, 3.8) is 0 Å². The van der Waals surface area contributed by atoms with Crippen LogP contribution in [0.1, 0.15) is 18.9 Å². The number of rotatable bonds is 11. The van der Waals surface area contributed by atoms with Crippen LogP contribution in [0.15, 0.2) is 77.7 Å². The van der Waals surface area contributed by atoms with Crippen molar-refractivity contribution in [3.05, 3.63) is 88.4 Å². The van der Waals surface area contributed by atoms with E-state index in [0.29, 0.717) is 17.2 Å². The second-order valence-electron chi connectivity index (χ2n) is 8.33. The Kier molecular flexibility index (Phi) is 10.0. The monoisotopic (exact) mass is 577 g/mol. The molecule has 0 fully saturated rings. The number of carbonyl (C=O) groups excluding carboxylic acids is 2. The van der Waals surface area contributed by atoms with Crippen LogP contribution in [0, 0.1) is 0 Å². The molecule has 3 rings (SSSR count). The fourth-order valence-corrected chi connectivity index (χ4v) is 5.95. The minimum absolute atomic E-state index is 0.0149. The zero-order chi connectivity index (χ0) is 27.9. The molecule has 0 bridgehead atoms. The first-order valence-corrected chi connectivity index (χ1v) is 14.0. The number of hydrogen-bond donors (Lipinski definition) is 1. The number of nitrogens with zero attached hydrogens (tertiary/aromatic N) is 2. The Morgan fingerprint density at radius 2 is 1.66 bits per heavy atom. The summed E-state index contributed by atoms with van der Waals surface area (Å²) in [7, 11) is -1.18. The van der Waals surface area contributed by atoms with Gasteiger partial charge in [-0.2, -0.15) is 0 Å². The molecule has 38 heavy (non-hydrogen) atoms. The summed E-state index contributed by atoms with van der Waals surface area (Å²) in [5.74, 6) is -0.305. The van der Waals surface area contributed by atoms with E-state index in [1.807, 2.05) is 0 Å². The maximum atomic E-state index is 13.9. The highest BCUT2D eigenvalue weighted by Crippen LogP contribution is 2.33. The van der Waals surface area contributed by atoms with Crippen LogP contribution in [0.4, 0.5) is 5.69 Å². The highest BCUT2D eigenvalue weighted by Gasteiger charge is 2.34. The first kappa shape index (κ1) is 29.3. The third-order valence-corrected chi connectivity index (χ3v) is 8.24. The van der Waals surface area contributed by atoms with Crippen LogP contribution in [-0.4, -0.2) is 51.9 Å². The minimum Gasteiger partial charge on any atom is -0.497 e. The van der Waals surface area contributed by atoms with Gasteiger partial charge in [0.15, 0.2) is 0 Å². The van der Waals surface area contributed by atoms with Crippen molar-refractivity contribution in [1.29, 1.82) is 0 Å². The summed E-state index contributed by atoms with van der Waals surface area (Å²) in [5, 5.41) is 2.97. The smallest absolute Gasteiger partial charge is 0.264 e. The highest BCUT2D eigenvalue weighted by molar-refractivity contribution is 7.92. The Bertz CT molecular complexity index is 1370. The molecule has 0 heterocycles. The van der Waals surface area contributed by atoms with Crippen molar-refractivity contribution < 1.29 is 22.7 Å². The second kappa shape index (κ2) is 13.0. The average molecular weight is 579 g/mol. The number of benzene rings is 3. The number of methoxy groups -OCH3 is 1. The van der Waals surface area contributed by atoms with Crippen molar-refractivity contribution in [2.45, 2.75) is 30.8 Å². The van der Waals surface area contributed by atoms with Crippen LogP contribution in [-0.2, 0) is 26.2 Å². The number of hydrogen-bond acceptors (Lipinski definition) is 5. The van der Waals surface area contributed by atoms with Crippen molar-refractivity contribution in [3.8, 4) is 5.75 Å². The molecule has 1 atom stereocenters. The summed E-state index contributed by atoms with van der Waals surface area (Å²) < 4.78 is 33.7. The van der Waals surface area contributed by atoms with Gasteiger partial charge < -0.3 is 15.0 Å². The lowest BCUT2D eigenvalue weighted by Crippen LogP contribution is -2.51. The second-order valence-corrected chi connectivity index (χ2v) is 11.0. The minimum atomic E-state index is -4.22. The van der Waals surface area contributed by atoms with E-state index in [4.69, 9.17) is 27.9 Å². The molecule has 0 saturated heterocycles. The normalized spacial score (nSPS) is 11.9. The van der Waals surface area contributed by atoms with Gasteiger partial charge >= 0.3 is 0 Å². The van der Waals surface area contributed by atoms with Crippen LogP contribution in [0.25, 0.3) is 0 Å². The number of carbonyl (C=O) groups is 2. The molecule has 8 nitrogen and oxygen atoms in total. The van der Waals surface area contributed by atoms with Gasteiger partial charge in [0.2, 0.25) is 11.8 Å². The lowest BCUT2D eigenvalue weighted by Gasteiger charge is -2.33. The van der Waals surface area contributed by atoms with Crippen molar-refractivity contribution in [2.24, 2.45) is 0 Å². The van der Waals surface area contributed by atoms with Crippen LogP contribution >= 0.6 is 23.2 Å². The van der Waals surface area contributed by atoms with E-state index < -0.39 is 28.5 Å². The molecule has 0 aromatic heterocycles. The Morgan fingerprint density at radius 1 is 1.00 bits per heavy atom. The van der Waals surface area contributed by atoms with Gasteiger partial charge in [-0.15, -0.1) is 0 Å². The van der Waals surface area contributed by atoms with Crippen molar-refractivity contribution in [1.82, 2.24) is 10.2 Å². The quantitative estimate of drug-likeness (QED) is 0.354. The molecule has 1 N–H and O–H groups in total. The molecule has 3 aromatic carbocycles. The molecule has 0 aliphatic heterocycles. The maximum absolute atomic E-state index is 13.9. The van der Waals surface area contributed by atoms with Crippen LogP contribution in [0.2, 0.25) is 10.0 Å². The predicted octanol–water partition coefficient (Wildman–Crippen LogP) is 4.75. The van der Waals surface area contributed by atoms with Gasteiger partial charge in [0, 0.05) is 18.6 Å². The summed E-state index contributed by atoms with van der Waals surface area (Å²) in [5.41, 5.74) is 0.828. The zero-order valence-corrected chi connectivity index (χ0v) is 23.6. The van der Waals surface area contributed by atoms with E-state index in [1.165, 1.54) is 42.3 Å².